The van der Waals surface area contributed by atoms with Crippen molar-refractivity contribution < 1.29 is 0 Å². The van der Waals surface area contributed by atoms with Gasteiger partial charge in [0.25, 0.3) is 0 Å². The average Bonchev–Trinajstić information content (AvgIpc) is 3.35. The molecule has 0 saturated heterocycles. The van der Waals surface area contributed by atoms with E-state index in [9.17, 15) is 0 Å². The summed E-state index contributed by atoms with van der Waals surface area (Å²) in [5.74, 6) is 0. The molecule has 0 amide bonds. The molecule has 0 saturated carbocycles. The number of benzene rings is 6. The molecule has 0 bridgehead atoms. The SMILES string of the molecule is c1cc[c]([Sn]2([c]3ccccc3)[c]3ccccc3Sc3cc(-n4c5ccccc5c5ccccc54)cc[c]32)cc1. The van der Waals surface area contributed by atoms with Crippen molar-refractivity contribution in [1.82, 2.24) is 4.57 Å². The average molecular weight is 622 g/mol. The van der Waals surface area contributed by atoms with Crippen molar-refractivity contribution in [3.8, 4) is 5.69 Å². The van der Waals surface area contributed by atoms with Crippen LogP contribution < -0.4 is 14.3 Å². The van der Waals surface area contributed by atoms with E-state index in [0.29, 0.717) is 0 Å². The fourth-order valence-corrected chi connectivity index (χ4v) is 24.2. The first-order valence-corrected chi connectivity index (χ1v) is 19.9. The minimum atomic E-state index is -3.61. The van der Waals surface area contributed by atoms with Gasteiger partial charge in [0.15, 0.2) is 0 Å². The predicted octanol–water partition coefficient (Wildman–Crippen LogP) is 6.63. The topological polar surface area (TPSA) is 4.93 Å². The summed E-state index contributed by atoms with van der Waals surface area (Å²) in [6.07, 6.45) is 0. The van der Waals surface area contributed by atoms with Crippen LogP contribution in [0.4, 0.5) is 0 Å². The van der Waals surface area contributed by atoms with Gasteiger partial charge >= 0.3 is 238 Å². The van der Waals surface area contributed by atoms with Gasteiger partial charge in [-0.3, -0.25) is 0 Å². The number of hydrogen-bond donors (Lipinski definition) is 0. The molecule has 0 radical (unpaired) electrons. The van der Waals surface area contributed by atoms with Crippen LogP contribution in [-0.4, -0.2) is 22.9 Å². The second kappa shape index (κ2) is 9.18. The first kappa shape index (κ1) is 23.2. The van der Waals surface area contributed by atoms with E-state index < -0.39 is 18.4 Å². The van der Waals surface area contributed by atoms with Gasteiger partial charge in [-0.25, -0.2) is 0 Å². The van der Waals surface area contributed by atoms with Crippen LogP contribution >= 0.6 is 11.8 Å². The molecule has 0 fully saturated rings. The molecule has 0 atom stereocenters. The molecule has 0 N–H and O–H groups in total. The van der Waals surface area contributed by atoms with Crippen molar-refractivity contribution in [3.05, 3.63) is 152 Å². The van der Waals surface area contributed by atoms with E-state index >= 15 is 0 Å². The molecular weight excluding hydrogens is 597 g/mol. The quantitative estimate of drug-likeness (QED) is 0.201. The molecule has 1 aliphatic heterocycles. The Hall–Kier alpha value is -3.73. The Morgan fingerprint density at radius 2 is 0.949 bits per heavy atom. The molecule has 8 rings (SSSR count). The molecule has 0 unspecified atom stereocenters. The first-order valence-electron chi connectivity index (χ1n) is 13.4. The molecule has 2 heterocycles. The standard InChI is InChI=1S/C24H15NS.2C6H5.Sn/c1-2-10-19(11-3-1)26-20-12-8-9-18(17-20)25-23-15-6-4-13-21(23)22-14-5-7-16-24(22)25;2*1-2-4-6-5-3-1;/h1-10,13-17H;2*1-5H;. The van der Waals surface area contributed by atoms with E-state index in [1.165, 1.54) is 48.0 Å². The van der Waals surface area contributed by atoms with Crippen molar-refractivity contribution in [2.24, 2.45) is 0 Å². The molecule has 0 spiro atoms. The van der Waals surface area contributed by atoms with Gasteiger partial charge < -0.3 is 0 Å². The number of fused-ring (bicyclic) bond motifs is 5. The monoisotopic (exact) mass is 623 g/mol. The first-order chi connectivity index (χ1) is 19.4. The van der Waals surface area contributed by atoms with Crippen LogP contribution in [-0.2, 0) is 0 Å². The number of nitrogens with zero attached hydrogens (tertiary/aromatic N) is 1. The van der Waals surface area contributed by atoms with Gasteiger partial charge in [0, 0.05) is 0 Å². The number of hydrogen-bond acceptors (Lipinski definition) is 1. The third-order valence-electron chi connectivity index (χ3n) is 8.13. The Morgan fingerprint density at radius 3 is 1.59 bits per heavy atom. The van der Waals surface area contributed by atoms with Crippen molar-refractivity contribution in [1.29, 1.82) is 0 Å². The van der Waals surface area contributed by atoms with E-state index in [2.05, 4.69) is 156 Å². The van der Waals surface area contributed by atoms with Crippen molar-refractivity contribution in [2.75, 3.05) is 0 Å². The van der Waals surface area contributed by atoms with Gasteiger partial charge in [-0.1, -0.05) is 0 Å². The van der Waals surface area contributed by atoms with E-state index in [1.807, 2.05) is 11.8 Å². The fourth-order valence-electron chi connectivity index (χ4n) is 6.54. The zero-order valence-corrected chi connectivity index (χ0v) is 25.0. The van der Waals surface area contributed by atoms with Gasteiger partial charge in [0.2, 0.25) is 0 Å². The molecule has 7 aromatic rings. The van der Waals surface area contributed by atoms with Crippen LogP contribution in [0.25, 0.3) is 27.5 Å². The zero-order chi connectivity index (χ0) is 25.8. The Kier molecular flexibility index (Phi) is 5.46. The molecule has 0 aliphatic carbocycles. The molecule has 3 heteroatoms. The van der Waals surface area contributed by atoms with Crippen LogP contribution in [0.1, 0.15) is 0 Å². The summed E-state index contributed by atoms with van der Waals surface area (Å²) in [6, 6.07) is 56.6. The van der Waals surface area contributed by atoms with Crippen molar-refractivity contribution >= 4 is 66.3 Å². The third kappa shape index (κ3) is 3.41. The van der Waals surface area contributed by atoms with Crippen LogP contribution in [0, 0.1) is 0 Å². The summed E-state index contributed by atoms with van der Waals surface area (Å²) in [5, 5.41) is 2.59. The van der Waals surface area contributed by atoms with Crippen molar-refractivity contribution in [3.63, 3.8) is 0 Å². The molecular formula is C36H25NSSn. The Bertz CT molecular complexity index is 1900. The summed E-state index contributed by atoms with van der Waals surface area (Å²) >= 11 is -1.67. The van der Waals surface area contributed by atoms with E-state index in [4.69, 9.17) is 0 Å². The van der Waals surface area contributed by atoms with E-state index in [0.717, 1.165) is 0 Å². The molecule has 1 aliphatic rings. The van der Waals surface area contributed by atoms with E-state index in [1.54, 1.807) is 3.58 Å². The summed E-state index contributed by atoms with van der Waals surface area (Å²) in [4.78, 5) is 2.78. The summed E-state index contributed by atoms with van der Waals surface area (Å²) in [6.45, 7) is 0. The summed E-state index contributed by atoms with van der Waals surface area (Å²) in [7, 11) is 0. The normalized spacial score (nSPS) is 13.7. The number of rotatable bonds is 3. The zero-order valence-electron chi connectivity index (χ0n) is 21.3. The Labute approximate surface area is 236 Å². The number of aromatic nitrogens is 1. The van der Waals surface area contributed by atoms with Crippen LogP contribution in [0.3, 0.4) is 0 Å². The second-order valence-electron chi connectivity index (χ2n) is 10.1. The van der Waals surface area contributed by atoms with Gasteiger partial charge in [-0.15, -0.1) is 0 Å². The van der Waals surface area contributed by atoms with Crippen LogP contribution in [0.2, 0.25) is 0 Å². The van der Waals surface area contributed by atoms with Gasteiger partial charge in [0.1, 0.15) is 0 Å². The minimum absolute atomic E-state index is 1.22. The molecule has 1 aromatic heterocycles. The summed E-state index contributed by atoms with van der Waals surface area (Å²) < 4.78 is 8.52. The van der Waals surface area contributed by atoms with Crippen LogP contribution in [0.5, 0.6) is 0 Å². The third-order valence-corrected chi connectivity index (χ3v) is 24.2. The predicted molar refractivity (Wildman–Crippen MR) is 169 cm³/mol. The van der Waals surface area contributed by atoms with Gasteiger partial charge in [0.05, 0.1) is 0 Å². The van der Waals surface area contributed by atoms with Crippen LogP contribution in [0.15, 0.2) is 161 Å². The van der Waals surface area contributed by atoms with Gasteiger partial charge in [-0.05, 0) is 0 Å². The number of para-hydroxylation sites is 2. The molecule has 184 valence electrons. The maximum atomic E-state index is 2.47. The maximum absolute atomic E-state index is 3.61. The van der Waals surface area contributed by atoms with Gasteiger partial charge in [-0.2, -0.15) is 0 Å². The van der Waals surface area contributed by atoms with E-state index in [-0.39, 0.29) is 0 Å². The Morgan fingerprint density at radius 1 is 0.436 bits per heavy atom. The fraction of sp³-hybridized carbons (Fsp3) is 0. The second-order valence-corrected chi connectivity index (χ2v) is 21.9. The molecule has 1 nitrogen and oxygen atoms in total. The summed E-state index contributed by atoms with van der Waals surface area (Å²) in [5.41, 5.74) is 3.72. The Balaban J connectivity index is 1.46. The molecule has 6 aromatic carbocycles. The van der Waals surface area contributed by atoms with Crippen molar-refractivity contribution in [2.45, 2.75) is 9.79 Å². The molecule has 39 heavy (non-hydrogen) atoms.